The van der Waals surface area contributed by atoms with Gasteiger partial charge in [0.2, 0.25) is 0 Å². The Morgan fingerprint density at radius 2 is 1.95 bits per heavy atom. The highest BCUT2D eigenvalue weighted by Gasteiger charge is 2.00. The molecule has 0 fully saturated rings. The number of hydrogen-bond acceptors (Lipinski definition) is 3. The van der Waals surface area contributed by atoms with Crippen molar-refractivity contribution in [3.05, 3.63) is 57.5 Å². The van der Waals surface area contributed by atoms with E-state index in [-0.39, 0.29) is 6.61 Å². The molecule has 0 aliphatic rings. The molecule has 0 aromatic heterocycles. The van der Waals surface area contributed by atoms with Gasteiger partial charge in [0.25, 0.3) is 0 Å². The van der Waals surface area contributed by atoms with E-state index in [2.05, 4.69) is 21.2 Å². The normalized spacial score (nSPS) is 9.85. The zero-order valence-electron chi connectivity index (χ0n) is 10.6. The fourth-order valence-electron chi connectivity index (χ4n) is 1.64. The molecule has 0 saturated carbocycles. The first-order valence-corrected chi connectivity index (χ1v) is 7.14. The first kappa shape index (κ1) is 14.7. The summed E-state index contributed by atoms with van der Waals surface area (Å²) < 4.78 is 6.08. The maximum atomic E-state index is 8.43. The predicted octanol–water partition coefficient (Wildman–Crippen LogP) is 4.62. The van der Waals surface area contributed by atoms with E-state index in [9.17, 15) is 0 Å². The van der Waals surface area contributed by atoms with Gasteiger partial charge < -0.3 is 10.1 Å². The fraction of sp³-hybridized carbons (Fsp3) is 0.133. The topological polar surface area (TPSA) is 45.0 Å². The van der Waals surface area contributed by atoms with Crippen LogP contribution in [0.25, 0.3) is 0 Å². The lowest BCUT2D eigenvalue weighted by Crippen LogP contribution is -1.99. The molecule has 2 aromatic rings. The van der Waals surface area contributed by atoms with Gasteiger partial charge >= 0.3 is 0 Å². The van der Waals surface area contributed by atoms with E-state index in [4.69, 9.17) is 21.6 Å². The van der Waals surface area contributed by atoms with Crippen LogP contribution in [0.5, 0.6) is 5.75 Å². The minimum atomic E-state index is 0.0611. The molecule has 0 radical (unpaired) electrons. The SMILES string of the molecule is N#CCOc1ccc(NCc2ccc(Cl)c(Br)c2)cc1. The Kier molecular flexibility index (Phi) is 5.28. The fourth-order valence-corrected chi connectivity index (χ4v) is 2.18. The van der Waals surface area contributed by atoms with Crippen molar-refractivity contribution in [2.24, 2.45) is 0 Å². The van der Waals surface area contributed by atoms with Crippen LogP contribution in [-0.2, 0) is 6.54 Å². The number of benzene rings is 2. The predicted molar refractivity (Wildman–Crippen MR) is 84.0 cm³/mol. The van der Waals surface area contributed by atoms with Crippen LogP contribution in [0, 0.1) is 11.3 Å². The molecule has 2 aromatic carbocycles. The van der Waals surface area contributed by atoms with Gasteiger partial charge in [0, 0.05) is 16.7 Å². The quantitative estimate of drug-likeness (QED) is 0.855. The van der Waals surface area contributed by atoms with Gasteiger partial charge in [-0.25, -0.2) is 0 Å². The zero-order chi connectivity index (χ0) is 14.4. The average Bonchev–Trinajstić information content (AvgIpc) is 2.47. The van der Waals surface area contributed by atoms with Crippen LogP contribution in [-0.4, -0.2) is 6.61 Å². The lowest BCUT2D eigenvalue weighted by Gasteiger charge is -2.08. The second-order valence-electron chi connectivity index (χ2n) is 4.07. The number of ether oxygens (including phenoxy) is 1. The summed E-state index contributed by atoms with van der Waals surface area (Å²) >= 11 is 9.36. The molecule has 0 unspecified atom stereocenters. The molecule has 0 atom stereocenters. The van der Waals surface area contributed by atoms with Crippen LogP contribution in [0.3, 0.4) is 0 Å². The minimum Gasteiger partial charge on any atom is -0.479 e. The van der Waals surface area contributed by atoms with Gasteiger partial charge in [-0.2, -0.15) is 5.26 Å². The first-order chi connectivity index (χ1) is 9.69. The van der Waals surface area contributed by atoms with Crippen molar-refractivity contribution in [3.8, 4) is 11.8 Å². The summed E-state index contributed by atoms with van der Waals surface area (Å²) in [5.41, 5.74) is 2.12. The van der Waals surface area contributed by atoms with Gasteiger partial charge in [0.1, 0.15) is 11.8 Å². The summed E-state index contributed by atoms with van der Waals surface area (Å²) in [6, 6.07) is 15.2. The second-order valence-corrected chi connectivity index (χ2v) is 5.33. The third kappa shape index (κ3) is 4.16. The molecular formula is C15H12BrClN2O. The van der Waals surface area contributed by atoms with Crippen molar-refractivity contribution in [2.45, 2.75) is 6.54 Å². The summed E-state index contributed by atoms with van der Waals surface area (Å²) in [5, 5.41) is 12.4. The number of halogens is 2. The van der Waals surface area contributed by atoms with E-state index in [1.807, 2.05) is 48.5 Å². The molecule has 0 bridgehead atoms. The lowest BCUT2D eigenvalue weighted by atomic mass is 10.2. The van der Waals surface area contributed by atoms with Crippen LogP contribution in [0.15, 0.2) is 46.9 Å². The van der Waals surface area contributed by atoms with Gasteiger partial charge in [-0.05, 0) is 57.9 Å². The highest BCUT2D eigenvalue weighted by Crippen LogP contribution is 2.24. The number of nitriles is 1. The summed E-state index contributed by atoms with van der Waals surface area (Å²) in [6.07, 6.45) is 0. The molecule has 3 nitrogen and oxygen atoms in total. The van der Waals surface area contributed by atoms with E-state index in [1.54, 1.807) is 0 Å². The van der Waals surface area contributed by atoms with Gasteiger partial charge in [0.05, 0.1) is 5.02 Å². The molecule has 2 rings (SSSR count). The number of hydrogen-bond donors (Lipinski definition) is 1. The van der Waals surface area contributed by atoms with E-state index in [0.717, 1.165) is 15.7 Å². The Hall–Kier alpha value is -1.70. The number of nitrogens with one attached hydrogen (secondary N) is 1. The van der Waals surface area contributed by atoms with E-state index < -0.39 is 0 Å². The Morgan fingerprint density at radius 3 is 2.60 bits per heavy atom. The Labute approximate surface area is 131 Å². The third-order valence-electron chi connectivity index (χ3n) is 2.64. The van der Waals surface area contributed by atoms with Crippen LogP contribution >= 0.6 is 27.5 Å². The standard InChI is InChI=1S/C15H12BrClN2O/c16-14-9-11(1-6-15(14)17)10-19-12-2-4-13(5-3-12)20-8-7-18/h1-6,9,19H,8,10H2. The molecule has 1 N–H and O–H groups in total. The highest BCUT2D eigenvalue weighted by atomic mass is 79.9. The molecule has 0 aliphatic heterocycles. The van der Waals surface area contributed by atoms with Crippen molar-refractivity contribution in [3.63, 3.8) is 0 Å². The minimum absolute atomic E-state index is 0.0611. The van der Waals surface area contributed by atoms with Crippen molar-refractivity contribution in [2.75, 3.05) is 11.9 Å². The van der Waals surface area contributed by atoms with Crippen molar-refractivity contribution < 1.29 is 4.74 Å². The molecule has 20 heavy (non-hydrogen) atoms. The first-order valence-electron chi connectivity index (χ1n) is 5.96. The lowest BCUT2D eigenvalue weighted by molar-refractivity contribution is 0.368. The van der Waals surface area contributed by atoms with Crippen LogP contribution in [0.2, 0.25) is 5.02 Å². The monoisotopic (exact) mass is 350 g/mol. The van der Waals surface area contributed by atoms with E-state index in [0.29, 0.717) is 17.3 Å². The number of nitrogens with zero attached hydrogens (tertiary/aromatic N) is 1. The number of anilines is 1. The van der Waals surface area contributed by atoms with Crippen molar-refractivity contribution in [1.82, 2.24) is 0 Å². The maximum absolute atomic E-state index is 8.43. The van der Waals surface area contributed by atoms with E-state index >= 15 is 0 Å². The third-order valence-corrected chi connectivity index (χ3v) is 3.85. The molecule has 0 amide bonds. The van der Waals surface area contributed by atoms with Gasteiger partial charge in [-0.1, -0.05) is 17.7 Å². The van der Waals surface area contributed by atoms with Crippen LogP contribution < -0.4 is 10.1 Å². The zero-order valence-corrected chi connectivity index (χ0v) is 12.9. The molecule has 0 saturated heterocycles. The summed E-state index contributed by atoms with van der Waals surface area (Å²) in [6.45, 7) is 0.764. The van der Waals surface area contributed by atoms with Crippen LogP contribution in [0.4, 0.5) is 5.69 Å². The van der Waals surface area contributed by atoms with Crippen molar-refractivity contribution in [1.29, 1.82) is 5.26 Å². The van der Waals surface area contributed by atoms with Crippen LogP contribution in [0.1, 0.15) is 5.56 Å². The molecule has 0 aliphatic carbocycles. The molecule has 102 valence electrons. The molecule has 0 spiro atoms. The van der Waals surface area contributed by atoms with Gasteiger partial charge in [-0.3, -0.25) is 0 Å². The Balaban J connectivity index is 1.93. The summed E-state index contributed by atoms with van der Waals surface area (Å²) in [5.74, 6) is 0.686. The van der Waals surface area contributed by atoms with Gasteiger partial charge in [0.15, 0.2) is 6.61 Å². The second kappa shape index (κ2) is 7.18. The Morgan fingerprint density at radius 1 is 1.20 bits per heavy atom. The largest absolute Gasteiger partial charge is 0.479 e. The van der Waals surface area contributed by atoms with Gasteiger partial charge in [-0.15, -0.1) is 0 Å². The van der Waals surface area contributed by atoms with E-state index in [1.165, 1.54) is 0 Å². The highest BCUT2D eigenvalue weighted by molar-refractivity contribution is 9.10. The molecule has 0 heterocycles. The Bertz CT molecular complexity index is 623. The van der Waals surface area contributed by atoms with Crippen molar-refractivity contribution >= 4 is 33.2 Å². The molecular weight excluding hydrogens is 340 g/mol. The average molecular weight is 352 g/mol. The maximum Gasteiger partial charge on any atom is 0.174 e. The summed E-state index contributed by atoms with van der Waals surface area (Å²) in [4.78, 5) is 0. The molecule has 5 heteroatoms. The number of rotatable bonds is 5. The smallest absolute Gasteiger partial charge is 0.174 e. The summed E-state index contributed by atoms with van der Waals surface area (Å²) in [7, 11) is 0.